The van der Waals surface area contributed by atoms with Gasteiger partial charge >= 0.3 is 0 Å². The second-order valence-electron chi connectivity index (χ2n) is 6.83. The molecular formula is C21H24N2O3. The standard InChI is InChI=1S/C21H24N2O3/c1-14(2)13-26-19-9-4-3-7-17(19)21(25)23-20(15-11-16(24)12-15)18-8-5-6-10-22-18/h3-10,15-16,20,24H,1,11-13H2,2H3,(H,23,25)/t15?,16?,20-/m0/s1. The summed E-state index contributed by atoms with van der Waals surface area (Å²) in [4.78, 5) is 17.3. The Bertz CT molecular complexity index is 770. The van der Waals surface area contributed by atoms with Crippen molar-refractivity contribution in [3.05, 3.63) is 72.1 Å². The first-order valence-electron chi connectivity index (χ1n) is 8.80. The van der Waals surface area contributed by atoms with Crippen molar-refractivity contribution in [2.75, 3.05) is 6.61 Å². The van der Waals surface area contributed by atoms with E-state index in [-0.39, 0.29) is 24.0 Å². The molecule has 0 radical (unpaired) electrons. The Morgan fingerprint density at radius 1 is 1.31 bits per heavy atom. The highest BCUT2D eigenvalue weighted by Gasteiger charge is 2.36. The minimum absolute atomic E-state index is 0.173. The minimum atomic E-state index is -0.297. The van der Waals surface area contributed by atoms with Crippen molar-refractivity contribution in [1.29, 1.82) is 0 Å². The molecule has 1 heterocycles. The van der Waals surface area contributed by atoms with Gasteiger partial charge in [0.25, 0.3) is 5.91 Å². The molecule has 3 rings (SSSR count). The van der Waals surface area contributed by atoms with E-state index in [0.717, 1.165) is 11.3 Å². The maximum Gasteiger partial charge on any atom is 0.255 e. The number of hydrogen-bond donors (Lipinski definition) is 2. The Kier molecular flexibility index (Phi) is 5.68. The molecule has 5 heteroatoms. The molecule has 2 N–H and O–H groups in total. The highest BCUT2D eigenvalue weighted by Crippen LogP contribution is 2.37. The molecule has 1 aliphatic rings. The number of rotatable bonds is 7. The quantitative estimate of drug-likeness (QED) is 0.750. The third-order valence-electron chi connectivity index (χ3n) is 4.52. The van der Waals surface area contributed by atoms with Crippen LogP contribution in [0.15, 0.2) is 60.8 Å². The second-order valence-corrected chi connectivity index (χ2v) is 6.83. The predicted octanol–water partition coefficient (Wildman–Crippen LogP) is 3.28. The van der Waals surface area contributed by atoms with E-state index >= 15 is 0 Å². The summed E-state index contributed by atoms with van der Waals surface area (Å²) in [5.74, 6) is 0.494. The molecular weight excluding hydrogens is 328 g/mol. The number of ether oxygens (including phenoxy) is 1. The van der Waals surface area contributed by atoms with Crippen molar-refractivity contribution in [2.45, 2.75) is 31.9 Å². The molecule has 0 aliphatic heterocycles. The second kappa shape index (κ2) is 8.15. The van der Waals surface area contributed by atoms with Crippen molar-refractivity contribution >= 4 is 5.91 Å². The Morgan fingerprint density at radius 2 is 2.04 bits per heavy atom. The number of benzene rings is 1. The highest BCUT2D eigenvalue weighted by atomic mass is 16.5. The fraction of sp³-hybridized carbons (Fsp3) is 0.333. The molecule has 2 aromatic rings. The number of aromatic nitrogens is 1. The van der Waals surface area contributed by atoms with E-state index in [4.69, 9.17) is 4.74 Å². The summed E-state index contributed by atoms with van der Waals surface area (Å²) in [5.41, 5.74) is 2.17. The van der Waals surface area contributed by atoms with Gasteiger partial charge in [0.05, 0.1) is 23.4 Å². The van der Waals surface area contributed by atoms with Crippen LogP contribution in [-0.2, 0) is 0 Å². The van der Waals surface area contributed by atoms with Crippen LogP contribution >= 0.6 is 0 Å². The molecule has 1 atom stereocenters. The van der Waals surface area contributed by atoms with Crippen LogP contribution < -0.4 is 10.1 Å². The van der Waals surface area contributed by atoms with Gasteiger partial charge in [0.2, 0.25) is 0 Å². The number of carbonyl (C=O) groups is 1. The van der Waals surface area contributed by atoms with Gasteiger partial charge in [-0.25, -0.2) is 0 Å². The maximum atomic E-state index is 12.9. The summed E-state index contributed by atoms with van der Waals surface area (Å²) >= 11 is 0. The summed E-state index contributed by atoms with van der Waals surface area (Å²) in [6, 6.07) is 12.6. The van der Waals surface area contributed by atoms with Crippen molar-refractivity contribution in [3.8, 4) is 5.75 Å². The van der Waals surface area contributed by atoms with E-state index in [1.54, 1.807) is 18.3 Å². The number of carbonyl (C=O) groups excluding carboxylic acids is 1. The molecule has 0 saturated heterocycles. The van der Waals surface area contributed by atoms with Crippen LogP contribution in [0.2, 0.25) is 0 Å². The summed E-state index contributed by atoms with van der Waals surface area (Å²) in [6.07, 6.45) is 2.74. The number of nitrogens with zero attached hydrogens (tertiary/aromatic N) is 1. The molecule has 1 aliphatic carbocycles. The first-order valence-corrected chi connectivity index (χ1v) is 8.80. The number of aliphatic hydroxyl groups excluding tert-OH is 1. The summed E-state index contributed by atoms with van der Waals surface area (Å²) in [6.45, 7) is 6.06. The molecule has 0 spiro atoms. The van der Waals surface area contributed by atoms with Crippen LogP contribution in [0.1, 0.15) is 41.9 Å². The Labute approximate surface area is 153 Å². The third kappa shape index (κ3) is 4.29. The van der Waals surface area contributed by atoms with Gasteiger partial charge in [-0.05, 0) is 55.5 Å². The lowest BCUT2D eigenvalue weighted by atomic mass is 9.76. The van der Waals surface area contributed by atoms with Crippen LogP contribution in [0.3, 0.4) is 0 Å². The maximum absolute atomic E-state index is 12.9. The molecule has 26 heavy (non-hydrogen) atoms. The van der Waals surface area contributed by atoms with Crippen LogP contribution in [0.5, 0.6) is 5.75 Å². The van der Waals surface area contributed by atoms with Crippen LogP contribution in [-0.4, -0.2) is 28.7 Å². The Balaban J connectivity index is 1.79. The molecule has 1 saturated carbocycles. The molecule has 136 valence electrons. The lowest BCUT2D eigenvalue weighted by molar-refractivity contribution is 0.0228. The Morgan fingerprint density at radius 3 is 2.69 bits per heavy atom. The van der Waals surface area contributed by atoms with Gasteiger partial charge in [-0.3, -0.25) is 9.78 Å². The molecule has 1 aromatic carbocycles. The molecule has 1 aromatic heterocycles. The van der Waals surface area contributed by atoms with Gasteiger partial charge in [-0.1, -0.05) is 24.8 Å². The van der Waals surface area contributed by atoms with Gasteiger partial charge in [0.15, 0.2) is 0 Å². The van der Waals surface area contributed by atoms with Gasteiger partial charge in [0.1, 0.15) is 12.4 Å². The topological polar surface area (TPSA) is 71.5 Å². The Hall–Kier alpha value is -2.66. The van der Waals surface area contributed by atoms with Gasteiger partial charge in [0, 0.05) is 6.20 Å². The molecule has 0 unspecified atom stereocenters. The van der Waals surface area contributed by atoms with Crippen LogP contribution in [0.4, 0.5) is 0 Å². The average molecular weight is 352 g/mol. The van der Waals surface area contributed by atoms with Crippen molar-refractivity contribution in [3.63, 3.8) is 0 Å². The predicted molar refractivity (Wildman–Crippen MR) is 99.9 cm³/mol. The van der Waals surface area contributed by atoms with Gasteiger partial charge in [-0.2, -0.15) is 0 Å². The zero-order chi connectivity index (χ0) is 18.5. The number of para-hydroxylation sites is 1. The number of amides is 1. The monoisotopic (exact) mass is 352 g/mol. The zero-order valence-corrected chi connectivity index (χ0v) is 14.9. The SMILES string of the molecule is C=C(C)COc1ccccc1C(=O)N[C@H](c1ccccn1)C1CC(O)C1. The fourth-order valence-electron chi connectivity index (χ4n) is 3.10. The molecule has 0 bridgehead atoms. The summed E-state index contributed by atoms with van der Waals surface area (Å²) < 4.78 is 5.71. The van der Waals surface area contributed by atoms with E-state index in [1.165, 1.54) is 0 Å². The molecule has 1 fully saturated rings. The third-order valence-corrected chi connectivity index (χ3v) is 4.52. The van der Waals surface area contributed by atoms with Crippen molar-refractivity contribution in [1.82, 2.24) is 10.3 Å². The number of aliphatic hydroxyl groups is 1. The van der Waals surface area contributed by atoms with Crippen molar-refractivity contribution < 1.29 is 14.6 Å². The summed E-state index contributed by atoms with van der Waals surface area (Å²) in [5, 5.41) is 12.8. The zero-order valence-electron chi connectivity index (χ0n) is 14.9. The molecule has 1 amide bonds. The number of pyridine rings is 1. The van der Waals surface area contributed by atoms with E-state index in [0.29, 0.717) is 30.8 Å². The minimum Gasteiger partial charge on any atom is -0.488 e. The number of hydrogen-bond acceptors (Lipinski definition) is 4. The fourth-order valence-corrected chi connectivity index (χ4v) is 3.10. The van der Waals surface area contributed by atoms with Crippen molar-refractivity contribution in [2.24, 2.45) is 5.92 Å². The highest BCUT2D eigenvalue weighted by molar-refractivity contribution is 5.97. The van der Waals surface area contributed by atoms with E-state index < -0.39 is 0 Å². The smallest absolute Gasteiger partial charge is 0.255 e. The summed E-state index contributed by atoms with van der Waals surface area (Å²) in [7, 11) is 0. The lowest BCUT2D eigenvalue weighted by Crippen LogP contribution is -2.41. The van der Waals surface area contributed by atoms with Gasteiger partial charge < -0.3 is 15.2 Å². The average Bonchev–Trinajstić information content (AvgIpc) is 2.63. The van der Waals surface area contributed by atoms with E-state index in [1.807, 2.05) is 37.3 Å². The first kappa shape index (κ1) is 18.1. The molecule has 5 nitrogen and oxygen atoms in total. The van der Waals surface area contributed by atoms with Gasteiger partial charge in [-0.15, -0.1) is 0 Å². The van der Waals surface area contributed by atoms with E-state index in [9.17, 15) is 9.90 Å². The lowest BCUT2D eigenvalue weighted by Gasteiger charge is -2.37. The normalized spacial score (nSPS) is 19.9. The first-order chi connectivity index (χ1) is 12.5. The van der Waals surface area contributed by atoms with E-state index in [2.05, 4.69) is 16.9 Å². The largest absolute Gasteiger partial charge is 0.488 e. The van der Waals surface area contributed by atoms with Crippen LogP contribution in [0.25, 0.3) is 0 Å². The van der Waals surface area contributed by atoms with Crippen LogP contribution in [0, 0.1) is 5.92 Å². The number of nitrogens with one attached hydrogen (secondary N) is 1.